The second-order valence-corrected chi connectivity index (χ2v) is 2.30. The summed E-state index contributed by atoms with van der Waals surface area (Å²) >= 11 is 0. The van der Waals surface area contributed by atoms with Crippen molar-refractivity contribution in [1.29, 1.82) is 0 Å². The zero-order chi connectivity index (χ0) is 8.81. The Morgan fingerprint density at radius 3 is 3.42 bits per heavy atom. The van der Waals surface area contributed by atoms with Crippen LogP contribution in [0, 0.1) is 12.0 Å². The lowest BCUT2D eigenvalue weighted by atomic mass is 10.2. The van der Waals surface area contributed by atoms with Crippen LogP contribution in [0.15, 0.2) is 0 Å². The van der Waals surface area contributed by atoms with Gasteiger partial charge in [-0.2, -0.15) is 0 Å². The lowest BCUT2D eigenvalue weighted by Crippen LogP contribution is -2.29. The molecular formula is C8H11NO3. The van der Waals surface area contributed by atoms with Crippen LogP contribution >= 0.6 is 0 Å². The summed E-state index contributed by atoms with van der Waals surface area (Å²) < 4.78 is 4.78. The van der Waals surface area contributed by atoms with Gasteiger partial charge in [-0.1, -0.05) is 5.92 Å². The van der Waals surface area contributed by atoms with E-state index >= 15 is 0 Å². The van der Waals surface area contributed by atoms with E-state index in [1.807, 2.05) is 0 Å². The summed E-state index contributed by atoms with van der Waals surface area (Å²) in [6.45, 7) is 2.14. The van der Waals surface area contributed by atoms with E-state index in [-0.39, 0.29) is 5.97 Å². The predicted molar refractivity (Wildman–Crippen MR) is 41.7 cm³/mol. The van der Waals surface area contributed by atoms with E-state index in [4.69, 9.17) is 9.57 Å². The molecule has 1 unspecified atom stereocenters. The number of carbonyl (C=O) groups excluding carboxylic acids is 1. The van der Waals surface area contributed by atoms with Gasteiger partial charge in [-0.05, 0) is 13.3 Å². The highest BCUT2D eigenvalue weighted by Crippen LogP contribution is 2.04. The van der Waals surface area contributed by atoms with E-state index < -0.39 is 6.10 Å². The lowest BCUT2D eigenvalue weighted by Gasteiger charge is -2.11. The summed E-state index contributed by atoms with van der Waals surface area (Å²) in [5.74, 6) is 2.44. The standard InChI is InChI=1S/C8H11NO3/c1-2-11-8(10)7-5-3-4-6-9-12-7/h7,9H,2-3,5H2,1H3. The minimum Gasteiger partial charge on any atom is -0.464 e. The molecule has 0 aromatic carbocycles. The number of hydrogen-bond donors (Lipinski definition) is 1. The first-order valence-electron chi connectivity index (χ1n) is 3.89. The molecule has 12 heavy (non-hydrogen) atoms. The van der Waals surface area contributed by atoms with Crippen molar-refractivity contribution in [2.45, 2.75) is 25.9 Å². The highest BCUT2D eigenvalue weighted by Gasteiger charge is 2.20. The van der Waals surface area contributed by atoms with Crippen LogP contribution in [0.3, 0.4) is 0 Å². The molecule has 1 aliphatic heterocycles. The highest BCUT2D eigenvalue weighted by atomic mass is 16.7. The average Bonchev–Trinajstić information content (AvgIpc) is 2.32. The number of esters is 1. The van der Waals surface area contributed by atoms with Crippen LogP contribution in [0.1, 0.15) is 19.8 Å². The fraction of sp³-hybridized carbons (Fsp3) is 0.625. The Morgan fingerprint density at radius 2 is 2.67 bits per heavy atom. The maximum absolute atomic E-state index is 11.1. The van der Waals surface area contributed by atoms with Crippen molar-refractivity contribution in [3.05, 3.63) is 0 Å². The monoisotopic (exact) mass is 169 g/mol. The van der Waals surface area contributed by atoms with Gasteiger partial charge in [0.1, 0.15) is 0 Å². The molecule has 0 saturated carbocycles. The van der Waals surface area contributed by atoms with Crippen molar-refractivity contribution in [2.75, 3.05) is 6.61 Å². The van der Waals surface area contributed by atoms with Crippen molar-refractivity contribution < 1.29 is 14.4 Å². The van der Waals surface area contributed by atoms with Crippen molar-refractivity contribution in [3.8, 4) is 12.0 Å². The largest absolute Gasteiger partial charge is 0.464 e. The molecule has 4 heteroatoms. The lowest BCUT2D eigenvalue weighted by molar-refractivity contribution is -0.160. The summed E-state index contributed by atoms with van der Waals surface area (Å²) in [5, 5.41) is 0. The Hall–Kier alpha value is -1.21. The molecule has 0 saturated heterocycles. The molecule has 0 amide bonds. The van der Waals surface area contributed by atoms with Gasteiger partial charge < -0.3 is 4.74 Å². The normalized spacial score (nSPS) is 21.2. The van der Waals surface area contributed by atoms with Gasteiger partial charge in [0, 0.05) is 12.5 Å². The summed E-state index contributed by atoms with van der Waals surface area (Å²) in [6, 6.07) is 2.54. The molecule has 0 fully saturated rings. The quantitative estimate of drug-likeness (QED) is 0.473. The van der Waals surface area contributed by atoms with Crippen molar-refractivity contribution in [3.63, 3.8) is 0 Å². The third-order valence-corrected chi connectivity index (χ3v) is 1.42. The second-order valence-electron chi connectivity index (χ2n) is 2.30. The third-order valence-electron chi connectivity index (χ3n) is 1.42. The van der Waals surface area contributed by atoms with Crippen LogP contribution in [0.5, 0.6) is 0 Å². The molecule has 0 aromatic heterocycles. The first-order chi connectivity index (χ1) is 5.84. The van der Waals surface area contributed by atoms with E-state index in [1.165, 1.54) is 0 Å². The number of nitrogens with one attached hydrogen (secondary N) is 1. The van der Waals surface area contributed by atoms with E-state index in [0.717, 1.165) is 0 Å². The molecule has 0 aromatic rings. The van der Waals surface area contributed by atoms with E-state index in [2.05, 4.69) is 17.4 Å². The molecule has 66 valence electrons. The van der Waals surface area contributed by atoms with Gasteiger partial charge in [0.05, 0.1) is 6.61 Å². The van der Waals surface area contributed by atoms with Crippen molar-refractivity contribution >= 4 is 5.97 Å². The Balaban J connectivity index is 2.36. The van der Waals surface area contributed by atoms with Gasteiger partial charge in [-0.15, -0.1) is 0 Å². The zero-order valence-corrected chi connectivity index (χ0v) is 6.92. The number of rotatable bonds is 2. The van der Waals surface area contributed by atoms with Gasteiger partial charge in [0.15, 0.2) is 6.10 Å². The van der Waals surface area contributed by atoms with E-state index in [1.54, 1.807) is 6.92 Å². The van der Waals surface area contributed by atoms with Crippen LogP contribution in [-0.2, 0) is 14.4 Å². The number of carbonyl (C=O) groups is 1. The first-order valence-corrected chi connectivity index (χ1v) is 3.89. The molecule has 1 aliphatic rings. The Bertz CT molecular complexity index is 204. The van der Waals surface area contributed by atoms with Crippen LogP contribution < -0.4 is 5.48 Å². The minimum atomic E-state index is -0.535. The Labute approximate surface area is 71.2 Å². The summed E-state index contributed by atoms with van der Waals surface area (Å²) in [4.78, 5) is 16.0. The third kappa shape index (κ3) is 2.44. The summed E-state index contributed by atoms with van der Waals surface area (Å²) in [7, 11) is 0. The molecule has 0 bridgehead atoms. The molecule has 1 N–H and O–H groups in total. The van der Waals surface area contributed by atoms with Gasteiger partial charge in [0.25, 0.3) is 0 Å². The topological polar surface area (TPSA) is 47.6 Å². The molecule has 1 atom stereocenters. The minimum absolute atomic E-state index is 0.337. The summed E-state index contributed by atoms with van der Waals surface area (Å²) in [6.07, 6.45) is 0.697. The van der Waals surface area contributed by atoms with Crippen LogP contribution in [0.2, 0.25) is 0 Å². The van der Waals surface area contributed by atoms with E-state index in [9.17, 15) is 4.79 Å². The molecule has 0 radical (unpaired) electrons. The van der Waals surface area contributed by atoms with Gasteiger partial charge in [-0.25, -0.2) is 10.3 Å². The van der Waals surface area contributed by atoms with Gasteiger partial charge in [-0.3, -0.25) is 4.84 Å². The zero-order valence-electron chi connectivity index (χ0n) is 6.92. The molecular weight excluding hydrogens is 158 g/mol. The SMILES string of the molecule is CCOC(=O)C1CCC#CNO1. The summed E-state index contributed by atoms with van der Waals surface area (Å²) in [5.41, 5.74) is 2.37. The Morgan fingerprint density at radius 1 is 1.83 bits per heavy atom. The van der Waals surface area contributed by atoms with Crippen LogP contribution in [0.4, 0.5) is 0 Å². The van der Waals surface area contributed by atoms with Gasteiger partial charge in [0.2, 0.25) is 0 Å². The Kier molecular flexibility index (Phi) is 3.42. The second kappa shape index (κ2) is 4.62. The van der Waals surface area contributed by atoms with Crippen LogP contribution in [-0.4, -0.2) is 18.7 Å². The molecule has 0 spiro atoms. The smallest absolute Gasteiger partial charge is 0.338 e. The molecule has 1 rings (SSSR count). The molecule has 1 heterocycles. The highest BCUT2D eigenvalue weighted by molar-refractivity contribution is 5.74. The van der Waals surface area contributed by atoms with Crippen molar-refractivity contribution in [2.24, 2.45) is 0 Å². The maximum Gasteiger partial charge on any atom is 0.338 e. The number of hydroxylamine groups is 1. The molecule has 4 nitrogen and oxygen atoms in total. The average molecular weight is 169 g/mol. The number of ether oxygens (including phenoxy) is 1. The predicted octanol–water partition coefficient (Wildman–Crippen LogP) is 0.194. The fourth-order valence-electron chi connectivity index (χ4n) is 0.863. The van der Waals surface area contributed by atoms with Crippen LogP contribution in [0.25, 0.3) is 0 Å². The maximum atomic E-state index is 11.1. The van der Waals surface area contributed by atoms with Crippen molar-refractivity contribution in [1.82, 2.24) is 5.48 Å². The molecule has 0 aliphatic carbocycles. The van der Waals surface area contributed by atoms with E-state index in [0.29, 0.717) is 19.4 Å². The van der Waals surface area contributed by atoms with Gasteiger partial charge >= 0.3 is 5.97 Å². The number of hydrogen-bond acceptors (Lipinski definition) is 4. The first kappa shape index (κ1) is 8.88. The fourth-order valence-corrected chi connectivity index (χ4v) is 0.863.